The molecule has 1 atom stereocenters. The molecule has 0 unspecified atom stereocenters. The number of hydrogen-bond acceptors (Lipinski definition) is 5. The fraction of sp³-hybridized carbons (Fsp3) is 0.160. The van der Waals surface area contributed by atoms with Gasteiger partial charge in [0, 0.05) is 6.20 Å². The fourth-order valence-electron chi connectivity index (χ4n) is 4.06. The van der Waals surface area contributed by atoms with Gasteiger partial charge in [-0.1, -0.05) is 18.2 Å². The standard InChI is InChI=1S/C25H20N2O4/c1-14-12-18-19(13-15(14)2)31-24-21(23(18)28)22(16-7-9-17(30-3)10-8-16)27(25(24)29)20-6-4-5-11-26-20/h4-13,22H,1-3H3/t22-/m1/s1. The first-order valence-electron chi connectivity index (χ1n) is 9.96. The molecular weight excluding hydrogens is 392 g/mol. The number of benzene rings is 2. The van der Waals surface area contributed by atoms with Crippen molar-refractivity contribution in [3.63, 3.8) is 0 Å². The Morgan fingerprint density at radius 3 is 2.42 bits per heavy atom. The Labute approximate surface area is 178 Å². The zero-order valence-electron chi connectivity index (χ0n) is 17.4. The second kappa shape index (κ2) is 7.09. The topological polar surface area (TPSA) is 72.6 Å². The lowest BCUT2D eigenvalue weighted by Crippen LogP contribution is -2.30. The van der Waals surface area contributed by atoms with Crippen LogP contribution in [0.3, 0.4) is 0 Å². The van der Waals surface area contributed by atoms with Crippen molar-refractivity contribution in [2.24, 2.45) is 0 Å². The lowest BCUT2D eigenvalue weighted by atomic mass is 9.97. The van der Waals surface area contributed by atoms with E-state index < -0.39 is 6.04 Å². The first-order valence-corrected chi connectivity index (χ1v) is 9.96. The Bertz CT molecular complexity index is 1380. The Kier molecular flexibility index (Phi) is 4.36. The Morgan fingerprint density at radius 1 is 1.00 bits per heavy atom. The summed E-state index contributed by atoms with van der Waals surface area (Å²) >= 11 is 0. The third-order valence-electron chi connectivity index (χ3n) is 5.81. The molecule has 0 aliphatic carbocycles. The summed E-state index contributed by atoms with van der Waals surface area (Å²) in [6.07, 6.45) is 1.62. The van der Waals surface area contributed by atoms with Gasteiger partial charge < -0.3 is 9.15 Å². The largest absolute Gasteiger partial charge is 0.497 e. The molecule has 2 aromatic heterocycles. The van der Waals surface area contributed by atoms with Crippen LogP contribution in [0.25, 0.3) is 11.0 Å². The number of rotatable bonds is 3. The number of fused-ring (bicyclic) bond motifs is 2. The molecule has 0 saturated carbocycles. The number of carbonyl (C=O) groups excluding carboxylic acids is 1. The number of nitrogens with zero attached hydrogens (tertiary/aromatic N) is 2. The summed E-state index contributed by atoms with van der Waals surface area (Å²) in [5.41, 5.74) is 3.30. The first kappa shape index (κ1) is 19.1. The van der Waals surface area contributed by atoms with E-state index in [0.29, 0.717) is 28.1 Å². The van der Waals surface area contributed by atoms with E-state index in [2.05, 4.69) is 4.98 Å². The Morgan fingerprint density at radius 2 is 1.74 bits per heavy atom. The molecule has 4 aromatic rings. The van der Waals surface area contributed by atoms with Gasteiger partial charge in [-0.3, -0.25) is 14.5 Å². The van der Waals surface area contributed by atoms with Crippen LogP contribution < -0.4 is 15.1 Å². The number of anilines is 1. The molecule has 1 aliphatic heterocycles. The minimum Gasteiger partial charge on any atom is -0.497 e. The molecule has 1 amide bonds. The zero-order valence-corrected chi connectivity index (χ0v) is 17.4. The van der Waals surface area contributed by atoms with Crippen molar-refractivity contribution in [3.8, 4) is 5.75 Å². The predicted octanol–water partition coefficient (Wildman–Crippen LogP) is 4.56. The van der Waals surface area contributed by atoms with Crippen LogP contribution in [0.1, 0.15) is 38.9 Å². The van der Waals surface area contributed by atoms with Crippen LogP contribution in [0.2, 0.25) is 0 Å². The highest BCUT2D eigenvalue weighted by molar-refractivity contribution is 6.10. The van der Waals surface area contributed by atoms with Crippen LogP contribution in [-0.4, -0.2) is 18.0 Å². The number of amides is 1. The summed E-state index contributed by atoms with van der Waals surface area (Å²) in [5, 5.41) is 0.469. The number of methoxy groups -OCH3 is 1. The summed E-state index contributed by atoms with van der Waals surface area (Å²) in [6, 6.07) is 15.7. The van der Waals surface area contributed by atoms with E-state index >= 15 is 0 Å². The number of ether oxygens (including phenoxy) is 1. The van der Waals surface area contributed by atoms with Crippen LogP contribution in [-0.2, 0) is 0 Å². The van der Waals surface area contributed by atoms with Crippen molar-refractivity contribution >= 4 is 22.7 Å². The summed E-state index contributed by atoms with van der Waals surface area (Å²) in [4.78, 5) is 33.0. The van der Waals surface area contributed by atoms with E-state index in [1.165, 1.54) is 4.90 Å². The van der Waals surface area contributed by atoms with Crippen molar-refractivity contribution in [2.75, 3.05) is 12.0 Å². The van der Waals surface area contributed by atoms with Crippen LogP contribution in [0.4, 0.5) is 5.82 Å². The predicted molar refractivity (Wildman–Crippen MR) is 118 cm³/mol. The third-order valence-corrected chi connectivity index (χ3v) is 5.81. The van der Waals surface area contributed by atoms with Gasteiger partial charge in [-0.15, -0.1) is 0 Å². The zero-order chi connectivity index (χ0) is 21.7. The van der Waals surface area contributed by atoms with Gasteiger partial charge >= 0.3 is 0 Å². The summed E-state index contributed by atoms with van der Waals surface area (Å²) < 4.78 is 11.3. The molecule has 6 nitrogen and oxygen atoms in total. The molecule has 5 rings (SSSR count). The van der Waals surface area contributed by atoms with Crippen molar-refractivity contribution in [1.29, 1.82) is 0 Å². The molecule has 2 aromatic carbocycles. The highest BCUT2D eigenvalue weighted by atomic mass is 16.5. The molecule has 0 fully saturated rings. The average molecular weight is 412 g/mol. The van der Waals surface area contributed by atoms with Crippen LogP contribution >= 0.6 is 0 Å². The highest BCUT2D eigenvalue weighted by Crippen LogP contribution is 2.41. The SMILES string of the molecule is COc1ccc([C@@H]2c3c(oc4cc(C)c(C)cc4c3=O)C(=O)N2c2ccccn2)cc1. The minimum absolute atomic E-state index is 0.0622. The van der Waals surface area contributed by atoms with Gasteiger partial charge in [-0.25, -0.2) is 4.98 Å². The second-order valence-electron chi connectivity index (χ2n) is 7.65. The van der Waals surface area contributed by atoms with Gasteiger partial charge in [-0.2, -0.15) is 0 Å². The molecule has 0 N–H and O–H groups in total. The smallest absolute Gasteiger partial charge is 0.296 e. The molecule has 0 spiro atoms. The average Bonchev–Trinajstić information content (AvgIpc) is 3.08. The summed E-state index contributed by atoms with van der Waals surface area (Å²) in [6.45, 7) is 3.90. The minimum atomic E-state index is -0.648. The molecule has 1 aliphatic rings. The summed E-state index contributed by atoms with van der Waals surface area (Å²) in [5.74, 6) is 0.823. The molecular formula is C25H20N2O4. The van der Waals surface area contributed by atoms with Gasteiger partial charge in [0.2, 0.25) is 5.76 Å². The quantitative estimate of drug-likeness (QED) is 0.493. The number of aromatic nitrogens is 1. The van der Waals surface area contributed by atoms with Gasteiger partial charge in [0.25, 0.3) is 5.91 Å². The van der Waals surface area contributed by atoms with Gasteiger partial charge in [0.1, 0.15) is 17.2 Å². The maximum atomic E-state index is 13.6. The summed E-state index contributed by atoms with van der Waals surface area (Å²) in [7, 11) is 1.59. The van der Waals surface area contributed by atoms with Crippen LogP contribution in [0.5, 0.6) is 5.75 Å². The Hall–Kier alpha value is -3.93. The van der Waals surface area contributed by atoms with E-state index in [9.17, 15) is 9.59 Å². The van der Waals surface area contributed by atoms with E-state index in [-0.39, 0.29) is 17.1 Å². The van der Waals surface area contributed by atoms with Crippen LogP contribution in [0.15, 0.2) is 70.0 Å². The maximum absolute atomic E-state index is 13.6. The van der Waals surface area contributed by atoms with E-state index in [1.54, 1.807) is 25.4 Å². The van der Waals surface area contributed by atoms with Crippen molar-refractivity contribution in [3.05, 3.63) is 99.0 Å². The number of carbonyl (C=O) groups is 1. The number of pyridine rings is 1. The number of hydrogen-bond donors (Lipinski definition) is 0. The lowest BCUT2D eigenvalue weighted by Gasteiger charge is -2.24. The Balaban J connectivity index is 1.81. The first-order chi connectivity index (χ1) is 15.0. The van der Waals surface area contributed by atoms with E-state index in [1.807, 2.05) is 56.3 Å². The molecule has 31 heavy (non-hydrogen) atoms. The van der Waals surface area contributed by atoms with Crippen molar-refractivity contribution < 1.29 is 13.9 Å². The molecule has 6 heteroatoms. The monoisotopic (exact) mass is 412 g/mol. The molecule has 0 bridgehead atoms. The van der Waals surface area contributed by atoms with Gasteiger partial charge in [-0.05, 0) is 66.9 Å². The normalized spacial score (nSPS) is 15.4. The van der Waals surface area contributed by atoms with E-state index in [0.717, 1.165) is 16.7 Å². The highest BCUT2D eigenvalue weighted by Gasteiger charge is 2.44. The van der Waals surface area contributed by atoms with E-state index in [4.69, 9.17) is 9.15 Å². The van der Waals surface area contributed by atoms with Gasteiger partial charge in [0.15, 0.2) is 5.43 Å². The molecule has 3 heterocycles. The maximum Gasteiger partial charge on any atom is 0.296 e. The van der Waals surface area contributed by atoms with Crippen molar-refractivity contribution in [2.45, 2.75) is 19.9 Å². The van der Waals surface area contributed by atoms with Crippen molar-refractivity contribution in [1.82, 2.24) is 4.98 Å². The lowest BCUT2D eigenvalue weighted by molar-refractivity contribution is 0.0970. The van der Waals surface area contributed by atoms with Gasteiger partial charge in [0.05, 0.1) is 24.1 Å². The third kappa shape index (κ3) is 2.91. The van der Waals surface area contributed by atoms with Crippen LogP contribution in [0, 0.1) is 13.8 Å². The number of aryl methyl sites for hydroxylation is 2. The molecule has 0 radical (unpaired) electrons. The molecule has 0 saturated heterocycles. The second-order valence-corrected chi connectivity index (χ2v) is 7.65. The fourth-order valence-corrected chi connectivity index (χ4v) is 4.06. The molecule has 154 valence electrons.